The topological polar surface area (TPSA) is 26.0 Å². The molecular weight excluding hydrogens is 178 g/mol. The predicted molar refractivity (Wildman–Crippen MR) is 60.4 cm³/mol. The Morgan fingerprint density at radius 1 is 1.23 bits per heavy atom. The Morgan fingerprint density at radius 2 is 2.00 bits per heavy atom. The van der Waals surface area contributed by atoms with Crippen molar-refractivity contribution in [3.8, 4) is 0 Å². The van der Waals surface area contributed by atoms with Gasteiger partial charge >= 0.3 is 0 Å². The minimum Gasteiger partial charge on any atom is -0.330 e. The van der Waals surface area contributed by atoms with Gasteiger partial charge in [0.05, 0.1) is 0 Å². The molecule has 13 heavy (non-hydrogen) atoms. The van der Waals surface area contributed by atoms with E-state index in [0.717, 1.165) is 24.3 Å². The summed E-state index contributed by atoms with van der Waals surface area (Å²) in [5, 5.41) is 0. The first-order valence-corrected chi connectivity index (χ1v) is 5.16. The molecule has 1 aromatic carbocycles. The third-order valence-electron chi connectivity index (χ3n) is 2.04. The van der Waals surface area contributed by atoms with Crippen LogP contribution in [0.15, 0.2) is 23.1 Å². The molecule has 2 N–H and O–H groups in total. The van der Waals surface area contributed by atoms with E-state index in [1.165, 1.54) is 17.5 Å². The second-order valence-corrected chi connectivity index (χ2v) is 3.94. The van der Waals surface area contributed by atoms with Crippen molar-refractivity contribution >= 4 is 12.6 Å². The van der Waals surface area contributed by atoms with Crippen LogP contribution >= 0.6 is 12.6 Å². The van der Waals surface area contributed by atoms with Gasteiger partial charge in [-0.2, -0.15) is 0 Å². The van der Waals surface area contributed by atoms with E-state index in [1.54, 1.807) is 0 Å². The van der Waals surface area contributed by atoms with Crippen LogP contribution in [0, 0.1) is 6.92 Å². The normalized spacial score (nSPS) is 10.4. The number of benzene rings is 1. The van der Waals surface area contributed by atoms with E-state index in [2.05, 4.69) is 37.8 Å². The van der Waals surface area contributed by atoms with E-state index in [0.29, 0.717) is 0 Å². The molecule has 1 aromatic rings. The maximum absolute atomic E-state index is 5.44. The Morgan fingerprint density at radius 3 is 2.62 bits per heavy atom. The monoisotopic (exact) mass is 195 g/mol. The second kappa shape index (κ2) is 5.30. The Labute approximate surface area is 85.8 Å². The van der Waals surface area contributed by atoms with Crippen molar-refractivity contribution in [3.63, 3.8) is 0 Å². The van der Waals surface area contributed by atoms with Crippen molar-refractivity contribution in [1.29, 1.82) is 0 Å². The number of aryl methyl sites for hydroxylation is 2. The number of rotatable bonds is 4. The van der Waals surface area contributed by atoms with Crippen LogP contribution in [0.2, 0.25) is 0 Å². The number of unbranched alkanes of at least 4 members (excludes halogenated alkanes) is 1. The summed E-state index contributed by atoms with van der Waals surface area (Å²) in [7, 11) is 0. The van der Waals surface area contributed by atoms with Gasteiger partial charge in [-0.25, -0.2) is 0 Å². The van der Waals surface area contributed by atoms with Gasteiger partial charge in [-0.15, -0.1) is 12.6 Å². The molecule has 0 atom stereocenters. The minimum atomic E-state index is 0.791. The number of hydrogen-bond acceptors (Lipinski definition) is 2. The zero-order valence-corrected chi connectivity index (χ0v) is 8.98. The SMILES string of the molecule is Cc1cc(S)cc(CCCCN)c1. The number of hydrogen-bond donors (Lipinski definition) is 2. The van der Waals surface area contributed by atoms with Gasteiger partial charge in [-0.1, -0.05) is 6.07 Å². The molecule has 1 nitrogen and oxygen atoms in total. The maximum Gasteiger partial charge on any atom is 0.00453 e. The van der Waals surface area contributed by atoms with Crippen LogP contribution in [-0.4, -0.2) is 6.54 Å². The summed E-state index contributed by atoms with van der Waals surface area (Å²) in [6.45, 7) is 2.89. The molecule has 0 heterocycles. The molecule has 0 aliphatic heterocycles. The molecule has 0 amide bonds. The lowest BCUT2D eigenvalue weighted by atomic mass is 10.1. The lowest BCUT2D eigenvalue weighted by Crippen LogP contribution is -1.99. The van der Waals surface area contributed by atoms with E-state index < -0.39 is 0 Å². The molecule has 2 heteroatoms. The van der Waals surface area contributed by atoms with Gasteiger partial charge in [0.25, 0.3) is 0 Å². The van der Waals surface area contributed by atoms with E-state index >= 15 is 0 Å². The third-order valence-corrected chi connectivity index (χ3v) is 2.30. The average Bonchev–Trinajstić information content (AvgIpc) is 2.03. The summed E-state index contributed by atoms with van der Waals surface area (Å²) in [5.74, 6) is 0. The average molecular weight is 195 g/mol. The van der Waals surface area contributed by atoms with E-state index in [9.17, 15) is 0 Å². The van der Waals surface area contributed by atoms with Gasteiger partial charge in [0.2, 0.25) is 0 Å². The summed E-state index contributed by atoms with van der Waals surface area (Å²) < 4.78 is 0. The Bertz CT molecular complexity index is 251. The molecule has 0 unspecified atom stereocenters. The molecule has 0 bridgehead atoms. The van der Waals surface area contributed by atoms with Crippen molar-refractivity contribution in [2.24, 2.45) is 5.73 Å². The summed E-state index contributed by atoms with van der Waals surface area (Å²) in [6, 6.07) is 6.43. The lowest BCUT2D eigenvalue weighted by Gasteiger charge is -2.03. The summed E-state index contributed by atoms with van der Waals surface area (Å²) in [6.07, 6.45) is 3.40. The van der Waals surface area contributed by atoms with Crippen LogP contribution in [0.4, 0.5) is 0 Å². The fraction of sp³-hybridized carbons (Fsp3) is 0.455. The fourth-order valence-corrected chi connectivity index (χ4v) is 1.83. The first kappa shape index (κ1) is 10.6. The summed E-state index contributed by atoms with van der Waals surface area (Å²) >= 11 is 4.34. The minimum absolute atomic E-state index is 0.791. The lowest BCUT2D eigenvalue weighted by molar-refractivity contribution is 0.743. The largest absolute Gasteiger partial charge is 0.330 e. The predicted octanol–water partition coefficient (Wildman–Crippen LogP) is 2.57. The van der Waals surface area contributed by atoms with E-state index in [1.807, 2.05) is 0 Å². The van der Waals surface area contributed by atoms with Gasteiger partial charge in [-0.3, -0.25) is 0 Å². The molecule has 0 fully saturated rings. The molecule has 0 saturated heterocycles. The summed E-state index contributed by atoms with van der Waals surface area (Å²) in [4.78, 5) is 1.06. The van der Waals surface area contributed by atoms with Gasteiger partial charge < -0.3 is 5.73 Å². The van der Waals surface area contributed by atoms with Crippen molar-refractivity contribution in [3.05, 3.63) is 29.3 Å². The van der Waals surface area contributed by atoms with Crippen molar-refractivity contribution in [2.75, 3.05) is 6.54 Å². The van der Waals surface area contributed by atoms with E-state index in [4.69, 9.17) is 5.73 Å². The third kappa shape index (κ3) is 3.83. The fourth-order valence-electron chi connectivity index (χ4n) is 1.46. The van der Waals surface area contributed by atoms with Crippen LogP contribution in [0.5, 0.6) is 0 Å². The van der Waals surface area contributed by atoms with E-state index in [-0.39, 0.29) is 0 Å². The van der Waals surface area contributed by atoms with Gasteiger partial charge in [-0.05, 0) is 56.0 Å². The number of nitrogens with two attached hydrogens (primary N) is 1. The first-order valence-electron chi connectivity index (χ1n) is 4.72. The second-order valence-electron chi connectivity index (χ2n) is 3.42. The Hall–Kier alpha value is -0.470. The smallest absolute Gasteiger partial charge is 0.00453 e. The molecule has 0 aliphatic rings. The highest BCUT2D eigenvalue weighted by atomic mass is 32.1. The molecule has 0 aliphatic carbocycles. The van der Waals surface area contributed by atoms with Crippen molar-refractivity contribution in [1.82, 2.24) is 0 Å². The highest BCUT2D eigenvalue weighted by molar-refractivity contribution is 7.80. The highest BCUT2D eigenvalue weighted by Crippen LogP contribution is 2.14. The van der Waals surface area contributed by atoms with Crippen molar-refractivity contribution < 1.29 is 0 Å². The van der Waals surface area contributed by atoms with Crippen molar-refractivity contribution in [2.45, 2.75) is 31.1 Å². The van der Waals surface area contributed by atoms with Crippen LogP contribution in [0.1, 0.15) is 24.0 Å². The van der Waals surface area contributed by atoms with Gasteiger partial charge in [0.15, 0.2) is 0 Å². The van der Waals surface area contributed by atoms with Crippen LogP contribution in [-0.2, 0) is 6.42 Å². The first-order chi connectivity index (χ1) is 6.22. The summed E-state index contributed by atoms with van der Waals surface area (Å²) in [5.41, 5.74) is 8.10. The van der Waals surface area contributed by atoms with Crippen LogP contribution < -0.4 is 5.73 Å². The van der Waals surface area contributed by atoms with Crippen LogP contribution in [0.25, 0.3) is 0 Å². The molecule has 0 aromatic heterocycles. The molecular formula is C11H17NS. The maximum atomic E-state index is 5.44. The molecule has 0 spiro atoms. The molecule has 1 rings (SSSR count). The molecule has 0 radical (unpaired) electrons. The standard InChI is InChI=1S/C11H17NS/c1-9-6-10(4-2-3-5-12)8-11(13)7-9/h6-8,13H,2-5,12H2,1H3. The molecule has 0 saturated carbocycles. The zero-order chi connectivity index (χ0) is 9.68. The molecule has 72 valence electrons. The Balaban J connectivity index is 2.56. The highest BCUT2D eigenvalue weighted by Gasteiger charge is 1.95. The number of thiol groups is 1. The zero-order valence-electron chi connectivity index (χ0n) is 8.09. The Kier molecular flexibility index (Phi) is 4.33. The quantitative estimate of drug-likeness (QED) is 0.560. The van der Waals surface area contributed by atoms with Gasteiger partial charge in [0.1, 0.15) is 0 Å². The van der Waals surface area contributed by atoms with Gasteiger partial charge in [0, 0.05) is 4.90 Å². The van der Waals surface area contributed by atoms with Crippen LogP contribution in [0.3, 0.4) is 0 Å².